The number of hydrogen-bond acceptors (Lipinski definition) is 5. The fourth-order valence-electron chi connectivity index (χ4n) is 2.33. The first-order valence-corrected chi connectivity index (χ1v) is 8.54. The van der Waals surface area contributed by atoms with Crippen LogP contribution in [0.3, 0.4) is 0 Å². The van der Waals surface area contributed by atoms with Crippen LogP contribution < -0.4 is 5.32 Å². The molecule has 1 aromatic carbocycles. The molecular weight excluding hydrogens is 282 g/mol. The monoisotopic (exact) mass is 305 g/mol. The standard InChI is InChI=1S/C16H23N3OS/c1-4-10-21-11-14-18-16(20-19-14)12(2)15(17-3)13-8-6-5-7-9-13/h5-9,12,15,17H,4,10-11H2,1-3H3. The Morgan fingerprint density at radius 2 is 2.05 bits per heavy atom. The molecule has 1 aromatic heterocycles. The lowest BCUT2D eigenvalue weighted by molar-refractivity contribution is 0.329. The van der Waals surface area contributed by atoms with Gasteiger partial charge in [0.1, 0.15) is 0 Å². The van der Waals surface area contributed by atoms with Crippen molar-refractivity contribution in [2.75, 3.05) is 12.8 Å². The lowest BCUT2D eigenvalue weighted by Gasteiger charge is -2.21. The van der Waals surface area contributed by atoms with Crippen LogP contribution in [0.15, 0.2) is 34.9 Å². The molecule has 0 saturated carbocycles. The molecule has 0 amide bonds. The van der Waals surface area contributed by atoms with Gasteiger partial charge in [0.05, 0.1) is 11.7 Å². The van der Waals surface area contributed by atoms with Gasteiger partial charge in [-0.25, -0.2) is 0 Å². The Balaban J connectivity index is 2.06. The average Bonchev–Trinajstić information content (AvgIpc) is 2.98. The van der Waals surface area contributed by atoms with Crippen LogP contribution in [-0.2, 0) is 5.75 Å². The molecule has 5 heteroatoms. The highest BCUT2D eigenvalue weighted by Gasteiger charge is 2.24. The normalized spacial score (nSPS) is 14.0. The average molecular weight is 305 g/mol. The molecule has 2 rings (SSSR count). The third-order valence-corrected chi connectivity index (χ3v) is 4.58. The van der Waals surface area contributed by atoms with E-state index in [-0.39, 0.29) is 12.0 Å². The van der Waals surface area contributed by atoms with E-state index in [1.54, 1.807) is 0 Å². The summed E-state index contributed by atoms with van der Waals surface area (Å²) in [6.07, 6.45) is 1.17. The van der Waals surface area contributed by atoms with Crippen LogP contribution in [0.4, 0.5) is 0 Å². The van der Waals surface area contributed by atoms with E-state index in [2.05, 4.69) is 41.4 Å². The summed E-state index contributed by atoms with van der Waals surface area (Å²) < 4.78 is 5.45. The van der Waals surface area contributed by atoms with Crippen LogP contribution in [0, 0.1) is 0 Å². The minimum atomic E-state index is 0.134. The number of thioether (sulfide) groups is 1. The van der Waals surface area contributed by atoms with Gasteiger partial charge in [-0.1, -0.05) is 49.3 Å². The molecule has 2 aromatic rings. The topological polar surface area (TPSA) is 51.0 Å². The predicted octanol–water partition coefficient (Wildman–Crippen LogP) is 3.78. The smallest absolute Gasteiger partial charge is 0.231 e. The Hall–Kier alpha value is -1.33. The molecule has 1 N–H and O–H groups in total. The van der Waals surface area contributed by atoms with Gasteiger partial charge in [-0.3, -0.25) is 0 Å². The van der Waals surface area contributed by atoms with Crippen LogP contribution in [-0.4, -0.2) is 22.9 Å². The zero-order chi connectivity index (χ0) is 15.1. The number of nitrogens with one attached hydrogen (secondary N) is 1. The van der Waals surface area contributed by atoms with Gasteiger partial charge in [0.2, 0.25) is 5.89 Å². The summed E-state index contributed by atoms with van der Waals surface area (Å²) in [4.78, 5) is 4.54. The van der Waals surface area contributed by atoms with Gasteiger partial charge in [0.15, 0.2) is 5.82 Å². The molecule has 0 bridgehead atoms. The predicted molar refractivity (Wildman–Crippen MR) is 87.4 cm³/mol. The van der Waals surface area contributed by atoms with E-state index in [1.807, 2.05) is 37.0 Å². The highest BCUT2D eigenvalue weighted by Crippen LogP contribution is 2.29. The van der Waals surface area contributed by atoms with Crippen molar-refractivity contribution in [1.82, 2.24) is 15.5 Å². The van der Waals surface area contributed by atoms with E-state index < -0.39 is 0 Å². The van der Waals surface area contributed by atoms with Gasteiger partial charge in [0, 0.05) is 6.04 Å². The van der Waals surface area contributed by atoms with Gasteiger partial charge in [-0.05, 0) is 24.8 Å². The summed E-state index contributed by atoms with van der Waals surface area (Å²) in [6, 6.07) is 10.5. The number of benzene rings is 1. The van der Waals surface area contributed by atoms with E-state index in [9.17, 15) is 0 Å². The van der Waals surface area contributed by atoms with Gasteiger partial charge in [0.25, 0.3) is 0 Å². The molecule has 114 valence electrons. The van der Waals surface area contributed by atoms with Crippen LogP contribution in [0.2, 0.25) is 0 Å². The van der Waals surface area contributed by atoms with Gasteiger partial charge in [-0.2, -0.15) is 16.7 Å². The van der Waals surface area contributed by atoms with E-state index >= 15 is 0 Å². The molecule has 0 spiro atoms. The SMILES string of the molecule is CCCSCc1noc(C(C)C(NC)c2ccccc2)n1. The van der Waals surface area contributed by atoms with E-state index in [4.69, 9.17) is 4.52 Å². The summed E-state index contributed by atoms with van der Waals surface area (Å²) in [5.74, 6) is 3.57. The van der Waals surface area contributed by atoms with Gasteiger partial charge >= 0.3 is 0 Å². The first kappa shape index (κ1) is 16.0. The van der Waals surface area contributed by atoms with Crippen LogP contribution in [0.1, 0.15) is 49.5 Å². The third kappa shape index (κ3) is 4.32. The second-order valence-corrected chi connectivity index (χ2v) is 6.17. The lowest BCUT2D eigenvalue weighted by Crippen LogP contribution is -2.22. The number of rotatable bonds is 8. The van der Waals surface area contributed by atoms with E-state index in [1.165, 1.54) is 12.0 Å². The summed E-state index contributed by atoms with van der Waals surface area (Å²) in [5, 5.41) is 7.43. The van der Waals surface area contributed by atoms with Gasteiger partial charge < -0.3 is 9.84 Å². The molecule has 0 aliphatic rings. The molecular formula is C16H23N3OS. The molecule has 4 nitrogen and oxygen atoms in total. The summed E-state index contributed by atoms with van der Waals surface area (Å²) >= 11 is 1.84. The Bertz CT molecular complexity index is 529. The largest absolute Gasteiger partial charge is 0.339 e. The second kappa shape index (κ2) is 8.20. The quantitative estimate of drug-likeness (QED) is 0.752. The molecule has 0 aliphatic heterocycles. The highest BCUT2D eigenvalue weighted by molar-refractivity contribution is 7.98. The lowest BCUT2D eigenvalue weighted by atomic mass is 9.94. The first-order chi connectivity index (χ1) is 10.3. The molecule has 0 radical (unpaired) electrons. The molecule has 0 fully saturated rings. The van der Waals surface area contributed by atoms with Gasteiger partial charge in [-0.15, -0.1) is 0 Å². The van der Waals surface area contributed by atoms with Crippen molar-refractivity contribution < 1.29 is 4.52 Å². The van der Waals surface area contributed by atoms with Crippen molar-refractivity contribution in [3.05, 3.63) is 47.6 Å². The van der Waals surface area contributed by atoms with Crippen molar-refractivity contribution in [3.8, 4) is 0 Å². The maximum absolute atomic E-state index is 5.45. The first-order valence-electron chi connectivity index (χ1n) is 7.38. The fraction of sp³-hybridized carbons (Fsp3) is 0.500. The summed E-state index contributed by atoms with van der Waals surface area (Å²) in [5.41, 5.74) is 1.23. The van der Waals surface area contributed by atoms with Crippen LogP contribution >= 0.6 is 11.8 Å². The van der Waals surface area contributed by atoms with Crippen molar-refractivity contribution in [2.24, 2.45) is 0 Å². The maximum atomic E-state index is 5.45. The Morgan fingerprint density at radius 1 is 1.29 bits per heavy atom. The third-order valence-electron chi connectivity index (χ3n) is 3.42. The molecule has 21 heavy (non-hydrogen) atoms. The van der Waals surface area contributed by atoms with Crippen LogP contribution in [0.25, 0.3) is 0 Å². The van der Waals surface area contributed by atoms with Crippen molar-refractivity contribution >= 4 is 11.8 Å². The van der Waals surface area contributed by atoms with Crippen molar-refractivity contribution in [1.29, 1.82) is 0 Å². The van der Waals surface area contributed by atoms with Crippen molar-refractivity contribution in [3.63, 3.8) is 0 Å². The minimum absolute atomic E-state index is 0.134. The number of nitrogens with zero attached hydrogens (tertiary/aromatic N) is 2. The Labute approximate surface area is 130 Å². The van der Waals surface area contributed by atoms with E-state index in [0.29, 0.717) is 5.89 Å². The minimum Gasteiger partial charge on any atom is -0.339 e. The molecule has 2 atom stereocenters. The second-order valence-electron chi connectivity index (χ2n) is 5.07. The maximum Gasteiger partial charge on any atom is 0.231 e. The summed E-state index contributed by atoms with van der Waals surface area (Å²) in [6.45, 7) is 4.29. The number of aromatic nitrogens is 2. The molecule has 0 saturated heterocycles. The van der Waals surface area contributed by atoms with E-state index in [0.717, 1.165) is 17.3 Å². The van der Waals surface area contributed by atoms with Crippen LogP contribution in [0.5, 0.6) is 0 Å². The number of likely N-dealkylation sites (N-methyl/N-ethyl adjacent to an activating group) is 1. The molecule has 1 heterocycles. The molecule has 0 aliphatic carbocycles. The van der Waals surface area contributed by atoms with Crippen molar-refractivity contribution in [2.45, 2.75) is 38.0 Å². The Morgan fingerprint density at radius 3 is 2.71 bits per heavy atom. The zero-order valence-corrected chi connectivity index (χ0v) is 13.7. The zero-order valence-electron chi connectivity index (χ0n) is 12.9. The highest BCUT2D eigenvalue weighted by atomic mass is 32.2. The number of hydrogen-bond donors (Lipinski definition) is 1. The molecule has 2 unspecified atom stereocenters. The summed E-state index contributed by atoms with van der Waals surface area (Å²) in [7, 11) is 1.96. The fourth-order valence-corrected chi connectivity index (χ4v) is 3.06. The Kier molecular flexibility index (Phi) is 6.26.